The SMILES string of the molecule is C#C.CCc1ccc(C#N)cc1.Cc1cccc(N2CCN(CCN(CC3CCO3)c3cc(C(=O)O)ccc3C)C(C)C2)n1. The number of aromatic nitrogens is 1. The van der Waals surface area contributed by atoms with Crippen LogP contribution in [0.3, 0.4) is 0 Å². The summed E-state index contributed by atoms with van der Waals surface area (Å²) in [6.45, 7) is 14.7. The number of hydrogen-bond donors (Lipinski definition) is 1. The highest BCUT2D eigenvalue weighted by molar-refractivity contribution is 5.89. The highest BCUT2D eigenvalue weighted by atomic mass is 16.5. The van der Waals surface area contributed by atoms with Gasteiger partial charge in [-0.25, -0.2) is 9.78 Å². The molecule has 0 saturated carbocycles. The molecule has 2 aromatic carbocycles. The summed E-state index contributed by atoms with van der Waals surface area (Å²) < 4.78 is 5.70. The summed E-state index contributed by atoms with van der Waals surface area (Å²) in [7, 11) is 0. The maximum absolute atomic E-state index is 11.5. The van der Waals surface area contributed by atoms with Crippen LogP contribution < -0.4 is 9.80 Å². The standard InChI is InChI=1S/C25H34N4O3.C9H9N.C2H2/c1-18-7-8-21(25(30)31)15-23(18)28(17-22-9-14-32-22)12-10-27-11-13-29(16-20(27)3)24-6-4-5-19(2)26-24;1-2-8-3-5-9(7-10)6-4-8;1-2/h4-8,15,20,22H,9-14,16-17H2,1-3H3,(H,30,31);3-6H,2H2,1H3;1-2H. The van der Waals surface area contributed by atoms with Crippen molar-refractivity contribution in [2.45, 2.75) is 52.7 Å². The number of benzene rings is 2. The number of nitrogens with zero attached hydrogens (tertiary/aromatic N) is 5. The summed E-state index contributed by atoms with van der Waals surface area (Å²) in [5.74, 6) is 0.168. The number of pyridine rings is 1. The molecule has 0 radical (unpaired) electrons. The summed E-state index contributed by atoms with van der Waals surface area (Å²) in [5, 5.41) is 17.9. The Balaban J connectivity index is 0.000000372. The molecule has 8 nitrogen and oxygen atoms in total. The summed E-state index contributed by atoms with van der Waals surface area (Å²) in [4.78, 5) is 23.4. The van der Waals surface area contributed by atoms with Gasteiger partial charge in [-0.15, -0.1) is 12.8 Å². The minimum Gasteiger partial charge on any atom is -0.478 e. The maximum Gasteiger partial charge on any atom is 0.335 e. The summed E-state index contributed by atoms with van der Waals surface area (Å²) in [5.41, 5.74) is 5.48. The van der Waals surface area contributed by atoms with Crippen molar-refractivity contribution in [1.29, 1.82) is 5.26 Å². The lowest BCUT2D eigenvalue weighted by atomic mass is 10.1. The lowest BCUT2D eigenvalue weighted by Gasteiger charge is -2.42. The fourth-order valence-electron chi connectivity index (χ4n) is 5.37. The molecule has 3 heterocycles. The third kappa shape index (κ3) is 9.57. The van der Waals surface area contributed by atoms with E-state index in [1.807, 2.05) is 50.2 Å². The lowest BCUT2D eigenvalue weighted by molar-refractivity contribution is -0.0447. The smallest absolute Gasteiger partial charge is 0.335 e. The van der Waals surface area contributed by atoms with Gasteiger partial charge in [-0.1, -0.05) is 31.2 Å². The van der Waals surface area contributed by atoms with Crippen molar-refractivity contribution in [3.63, 3.8) is 0 Å². The first-order valence-electron chi connectivity index (χ1n) is 15.2. The van der Waals surface area contributed by atoms with Crippen molar-refractivity contribution in [3.8, 4) is 18.9 Å². The van der Waals surface area contributed by atoms with Crippen molar-refractivity contribution in [1.82, 2.24) is 9.88 Å². The number of carbonyl (C=O) groups is 1. The molecule has 2 aliphatic rings. The normalized spacial score (nSPS) is 17.5. The van der Waals surface area contributed by atoms with Crippen molar-refractivity contribution >= 4 is 17.5 Å². The number of terminal acetylenes is 1. The molecule has 5 rings (SSSR count). The Bertz CT molecular complexity index is 1410. The molecule has 44 heavy (non-hydrogen) atoms. The Labute approximate surface area is 262 Å². The van der Waals surface area contributed by atoms with Gasteiger partial charge in [-0.3, -0.25) is 4.90 Å². The summed E-state index contributed by atoms with van der Waals surface area (Å²) in [6, 6.07) is 21.7. The zero-order valence-corrected chi connectivity index (χ0v) is 26.4. The van der Waals surface area contributed by atoms with E-state index in [9.17, 15) is 9.90 Å². The lowest BCUT2D eigenvalue weighted by Crippen LogP contribution is -2.54. The summed E-state index contributed by atoms with van der Waals surface area (Å²) in [6.07, 6.45) is 10.3. The molecule has 2 saturated heterocycles. The van der Waals surface area contributed by atoms with Crippen molar-refractivity contribution in [2.24, 2.45) is 0 Å². The van der Waals surface area contributed by atoms with Crippen LogP contribution in [0.5, 0.6) is 0 Å². The first-order valence-corrected chi connectivity index (χ1v) is 15.2. The Morgan fingerprint density at radius 3 is 2.43 bits per heavy atom. The van der Waals surface area contributed by atoms with Gasteiger partial charge in [0.15, 0.2) is 0 Å². The third-order valence-corrected chi connectivity index (χ3v) is 8.13. The van der Waals surface area contributed by atoms with Crippen molar-refractivity contribution in [3.05, 3.63) is 88.6 Å². The molecular weight excluding hydrogens is 550 g/mol. The van der Waals surface area contributed by atoms with Crippen LogP contribution in [0.15, 0.2) is 60.7 Å². The first kappa shape index (κ1) is 34.1. The minimum atomic E-state index is -0.888. The van der Waals surface area contributed by atoms with E-state index in [1.165, 1.54) is 5.56 Å². The number of hydrogen-bond acceptors (Lipinski definition) is 7. The number of rotatable bonds is 9. The van der Waals surface area contributed by atoms with E-state index in [-0.39, 0.29) is 6.10 Å². The van der Waals surface area contributed by atoms with Crippen LogP contribution >= 0.6 is 0 Å². The van der Waals surface area contributed by atoms with E-state index < -0.39 is 5.97 Å². The highest BCUT2D eigenvalue weighted by Gasteiger charge is 2.27. The van der Waals surface area contributed by atoms with Gasteiger partial charge in [-0.2, -0.15) is 5.26 Å². The highest BCUT2D eigenvalue weighted by Crippen LogP contribution is 2.25. The number of carboxylic acid groups (broad SMARTS) is 1. The molecule has 8 heteroatoms. The van der Waals surface area contributed by atoms with E-state index in [0.717, 1.165) is 87.0 Å². The Morgan fingerprint density at radius 1 is 1.14 bits per heavy atom. The monoisotopic (exact) mass is 595 g/mol. The van der Waals surface area contributed by atoms with E-state index in [2.05, 4.69) is 64.6 Å². The molecule has 2 unspecified atom stereocenters. The number of anilines is 2. The van der Waals surface area contributed by atoms with Crippen molar-refractivity contribution < 1.29 is 14.6 Å². The van der Waals surface area contributed by atoms with Gasteiger partial charge in [0.05, 0.1) is 23.3 Å². The van der Waals surface area contributed by atoms with Crippen LogP contribution in [0.25, 0.3) is 0 Å². The topological polar surface area (TPSA) is 92.9 Å². The number of piperazine rings is 1. The van der Waals surface area contributed by atoms with Crippen LogP contribution in [0, 0.1) is 38.0 Å². The Hall–Kier alpha value is -4.37. The van der Waals surface area contributed by atoms with E-state index in [1.54, 1.807) is 12.1 Å². The van der Waals surface area contributed by atoms with Gasteiger partial charge in [0.2, 0.25) is 0 Å². The molecule has 1 aromatic heterocycles. The molecule has 0 spiro atoms. The number of aryl methyl sites for hydroxylation is 3. The molecule has 2 atom stereocenters. The second-order valence-electron chi connectivity index (χ2n) is 11.2. The number of nitriles is 1. The van der Waals surface area contributed by atoms with Gasteiger partial charge < -0.3 is 19.6 Å². The molecule has 3 aromatic rings. The van der Waals surface area contributed by atoms with Crippen LogP contribution in [0.1, 0.15) is 53.0 Å². The predicted molar refractivity (Wildman–Crippen MR) is 177 cm³/mol. The van der Waals surface area contributed by atoms with Crippen LogP contribution in [0.2, 0.25) is 0 Å². The molecule has 2 fully saturated rings. The van der Waals surface area contributed by atoms with Crippen LogP contribution in [-0.4, -0.2) is 79.0 Å². The van der Waals surface area contributed by atoms with Gasteiger partial charge in [-0.05, 0) is 81.1 Å². The largest absolute Gasteiger partial charge is 0.478 e. The molecule has 0 aliphatic carbocycles. The molecule has 2 aliphatic heterocycles. The van der Waals surface area contributed by atoms with Crippen LogP contribution in [-0.2, 0) is 11.2 Å². The third-order valence-electron chi connectivity index (χ3n) is 8.13. The number of ether oxygens (including phenoxy) is 1. The maximum atomic E-state index is 11.5. The van der Waals surface area contributed by atoms with E-state index in [0.29, 0.717) is 11.6 Å². The second-order valence-corrected chi connectivity index (χ2v) is 11.2. The van der Waals surface area contributed by atoms with Crippen molar-refractivity contribution in [2.75, 3.05) is 55.7 Å². The van der Waals surface area contributed by atoms with Gasteiger partial charge in [0.1, 0.15) is 5.82 Å². The zero-order chi connectivity index (χ0) is 32.1. The predicted octanol–water partition coefficient (Wildman–Crippen LogP) is 5.57. The molecule has 0 bridgehead atoms. The van der Waals surface area contributed by atoms with E-state index >= 15 is 0 Å². The fraction of sp³-hybridized carbons (Fsp3) is 0.417. The fourth-order valence-corrected chi connectivity index (χ4v) is 5.37. The van der Waals surface area contributed by atoms with Crippen LogP contribution in [0.4, 0.5) is 11.5 Å². The van der Waals surface area contributed by atoms with Gasteiger partial charge in [0.25, 0.3) is 0 Å². The van der Waals surface area contributed by atoms with Gasteiger partial charge >= 0.3 is 5.97 Å². The van der Waals surface area contributed by atoms with E-state index in [4.69, 9.17) is 10.00 Å². The summed E-state index contributed by atoms with van der Waals surface area (Å²) >= 11 is 0. The second kappa shape index (κ2) is 17.1. The first-order chi connectivity index (χ1) is 21.3. The quantitative estimate of drug-likeness (QED) is 0.321. The average molecular weight is 596 g/mol. The molecule has 0 amide bonds. The minimum absolute atomic E-state index is 0.226. The Kier molecular flexibility index (Phi) is 13.2. The molecule has 232 valence electrons. The average Bonchev–Trinajstić information content (AvgIpc) is 3.02. The number of carboxylic acids is 1. The van der Waals surface area contributed by atoms with Gasteiger partial charge in [0, 0.05) is 63.3 Å². The molecular formula is C36H45N5O3. The Morgan fingerprint density at radius 2 is 1.86 bits per heavy atom. The molecule has 1 N–H and O–H groups in total. The number of aromatic carboxylic acids is 1. The zero-order valence-electron chi connectivity index (χ0n) is 26.4.